The Morgan fingerprint density at radius 2 is 1.66 bits per heavy atom. The second-order valence-electron chi connectivity index (χ2n) is 9.22. The van der Waals surface area contributed by atoms with E-state index in [4.69, 9.17) is 14.2 Å². The van der Waals surface area contributed by atoms with Crippen LogP contribution in [0.5, 0.6) is 17.2 Å². The van der Waals surface area contributed by atoms with Crippen molar-refractivity contribution in [2.24, 2.45) is 0 Å². The minimum absolute atomic E-state index is 0.0272. The zero-order valence-electron chi connectivity index (χ0n) is 19.5. The summed E-state index contributed by atoms with van der Waals surface area (Å²) in [6, 6.07) is 17.4. The highest BCUT2D eigenvalue weighted by Crippen LogP contribution is 2.38. The summed E-state index contributed by atoms with van der Waals surface area (Å²) in [5.74, 6) is 0.559. The van der Waals surface area contributed by atoms with Crippen LogP contribution < -0.4 is 19.5 Å². The first-order valence-electron chi connectivity index (χ1n) is 12.1. The molecule has 0 saturated heterocycles. The first-order chi connectivity index (χ1) is 17.0. The van der Waals surface area contributed by atoms with E-state index in [1.54, 1.807) is 0 Å². The first-order valence-corrected chi connectivity index (χ1v) is 12.1. The van der Waals surface area contributed by atoms with Crippen molar-refractivity contribution in [2.75, 3.05) is 13.4 Å². The monoisotopic (exact) mass is 475 g/mol. The standard InChI is InChI=1S/C28H29NO6/c30-27(29-22-4-2-1-3-5-22)16-33-23-10-8-18-6-7-19(12-21(18)13-23)24(15-28(31)32)20-9-11-25-26(14-20)35-17-34-25/h6-14,22,24H,1-5,15-17H2,(H,29,30)(H,31,32). The molecule has 1 heterocycles. The van der Waals surface area contributed by atoms with Crippen LogP contribution in [-0.2, 0) is 9.59 Å². The van der Waals surface area contributed by atoms with Gasteiger partial charge in [-0.05, 0) is 59.0 Å². The molecule has 1 saturated carbocycles. The Kier molecular flexibility index (Phi) is 6.75. The highest BCUT2D eigenvalue weighted by Gasteiger charge is 2.22. The van der Waals surface area contributed by atoms with Crippen LogP contribution in [0.15, 0.2) is 54.6 Å². The number of rotatable bonds is 8. The number of carbonyl (C=O) groups excluding carboxylic acids is 1. The minimum Gasteiger partial charge on any atom is -0.484 e. The van der Waals surface area contributed by atoms with Crippen molar-refractivity contribution >= 4 is 22.6 Å². The van der Waals surface area contributed by atoms with E-state index in [1.165, 1.54) is 6.42 Å². The summed E-state index contributed by atoms with van der Waals surface area (Å²) in [6.45, 7) is 0.139. The molecule has 0 spiro atoms. The van der Waals surface area contributed by atoms with E-state index in [1.807, 2.05) is 54.6 Å². The number of carbonyl (C=O) groups is 2. The molecule has 1 unspecified atom stereocenters. The van der Waals surface area contributed by atoms with Crippen molar-refractivity contribution in [3.8, 4) is 17.2 Å². The average molecular weight is 476 g/mol. The molecular formula is C28H29NO6. The van der Waals surface area contributed by atoms with Gasteiger partial charge in [0.15, 0.2) is 18.1 Å². The summed E-state index contributed by atoms with van der Waals surface area (Å²) >= 11 is 0. The lowest BCUT2D eigenvalue weighted by Crippen LogP contribution is -2.38. The molecule has 3 aromatic carbocycles. The predicted octanol–water partition coefficient (Wildman–Crippen LogP) is 5.00. The van der Waals surface area contributed by atoms with E-state index in [-0.39, 0.29) is 37.7 Å². The largest absolute Gasteiger partial charge is 0.484 e. The minimum atomic E-state index is -0.881. The van der Waals surface area contributed by atoms with E-state index in [0.717, 1.165) is 47.6 Å². The highest BCUT2D eigenvalue weighted by molar-refractivity contribution is 5.85. The molecule has 0 bridgehead atoms. The normalized spacial score (nSPS) is 16.1. The van der Waals surface area contributed by atoms with Gasteiger partial charge in [-0.15, -0.1) is 0 Å². The third-order valence-electron chi connectivity index (χ3n) is 6.76. The Hall–Kier alpha value is -3.74. The van der Waals surface area contributed by atoms with Crippen molar-refractivity contribution < 1.29 is 28.9 Å². The zero-order chi connectivity index (χ0) is 24.2. The third-order valence-corrected chi connectivity index (χ3v) is 6.76. The molecule has 1 aliphatic heterocycles. The number of carboxylic acids is 1. The summed E-state index contributed by atoms with van der Waals surface area (Å²) < 4.78 is 16.7. The van der Waals surface area contributed by atoms with Gasteiger partial charge in [0.05, 0.1) is 6.42 Å². The Labute approximate surface area is 204 Å². The van der Waals surface area contributed by atoms with E-state index < -0.39 is 5.97 Å². The van der Waals surface area contributed by atoms with Crippen LogP contribution in [0, 0.1) is 0 Å². The molecule has 2 N–H and O–H groups in total. The van der Waals surface area contributed by atoms with Crippen LogP contribution >= 0.6 is 0 Å². The molecule has 182 valence electrons. The molecule has 1 amide bonds. The van der Waals surface area contributed by atoms with Crippen molar-refractivity contribution in [2.45, 2.75) is 50.5 Å². The molecule has 1 fully saturated rings. The third kappa shape index (κ3) is 5.50. The lowest BCUT2D eigenvalue weighted by molar-refractivity contribution is -0.137. The molecule has 7 nitrogen and oxygen atoms in total. The van der Waals surface area contributed by atoms with Gasteiger partial charge < -0.3 is 24.6 Å². The molecule has 3 aromatic rings. The molecule has 1 aliphatic carbocycles. The molecule has 7 heteroatoms. The number of ether oxygens (including phenoxy) is 3. The Bertz CT molecular complexity index is 1230. The highest BCUT2D eigenvalue weighted by atomic mass is 16.7. The quantitative estimate of drug-likeness (QED) is 0.476. The summed E-state index contributed by atoms with van der Waals surface area (Å²) in [5.41, 5.74) is 1.73. The maximum absolute atomic E-state index is 12.3. The van der Waals surface area contributed by atoms with Crippen LogP contribution in [0.1, 0.15) is 55.6 Å². The Morgan fingerprint density at radius 1 is 0.914 bits per heavy atom. The van der Waals surface area contributed by atoms with Gasteiger partial charge in [-0.25, -0.2) is 0 Å². The van der Waals surface area contributed by atoms with Gasteiger partial charge >= 0.3 is 5.97 Å². The number of benzene rings is 3. The van der Waals surface area contributed by atoms with Gasteiger partial charge in [-0.3, -0.25) is 9.59 Å². The smallest absolute Gasteiger partial charge is 0.304 e. The fourth-order valence-corrected chi connectivity index (χ4v) is 4.95. The summed E-state index contributed by atoms with van der Waals surface area (Å²) in [5, 5.41) is 14.6. The second-order valence-corrected chi connectivity index (χ2v) is 9.22. The number of nitrogens with one attached hydrogen (secondary N) is 1. The predicted molar refractivity (Wildman–Crippen MR) is 131 cm³/mol. The van der Waals surface area contributed by atoms with Crippen LogP contribution in [0.25, 0.3) is 10.8 Å². The molecule has 0 radical (unpaired) electrons. The van der Waals surface area contributed by atoms with Crippen molar-refractivity contribution in [3.05, 3.63) is 65.7 Å². The Balaban J connectivity index is 1.34. The fourth-order valence-electron chi connectivity index (χ4n) is 4.95. The number of fused-ring (bicyclic) bond motifs is 2. The van der Waals surface area contributed by atoms with Crippen LogP contribution in [0.2, 0.25) is 0 Å². The van der Waals surface area contributed by atoms with Crippen LogP contribution in [-0.4, -0.2) is 36.4 Å². The molecule has 1 atom stereocenters. The second kappa shape index (κ2) is 10.3. The lowest BCUT2D eigenvalue weighted by atomic mass is 9.87. The number of carboxylic acid groups (broad SMARTS) is 1. The van der Waals surface area contributed by atoms with Crippen molar-refractivity contribution in [1.29, 1.82) is 0 Å². The summed E-state index contributed by atoms with van der Waals surface area (Å²) in [7, 11) is 0. The SMILES string of the molecule is O=C(O)CC(c1ccc2c(c1)OCO2)c1ccc2ccc(OCC(=O)NC3CCCCC3)cc2c1. The summed E-state index contributed by atoms with van der Waals surface area (Å²) in [4.78, 5) is 24.0. The van der Waals surface area contributed by atoms with Crippen LogP contribution in [0.4, 0.5) is 0 Å². The molecule has 5 rings (SSSR count). The number of hydrogen-bond donors (Lipinski definition) is 2. The van der Waals surface area contributed by atoms with Gasteiger partial charge in [0.1, 0.15) is 5.75 Å². The lowest BCUT2D eigenvalue weighted by Gasteiger charge is -2.22. The maximum Gasteiger partial charge on any atom is 0.304 e. The molecular weight excluding hydrogens is 446 g/mol. The number of aliphatic carboxylic acids is 1. The van der Waals surface area contributed by atoms with Gasteiger partial charge in [0, 0.05) is 12.0 Å². The zero-order valence-corrected chi connectivity index (χ0v) is 19.5. The van der Waals surface area contributed by atoms with E-state index in [2.05, 4.69) is 5.32 Å². The number of hydrogen-bond acceptors (Lipinski definition) is 5. The average Bonchev–Trinajstić information content (AvgIpc) is 3.34. The van der Waals surface area contributed by atoms with E-state index >= 15 is 0 Å². The van der Waals surface area contributed by atoms with E-state index in [0.29, 0.717) is 17.2 Å². The van der Waals surface area contributed by atoms with Crippen molar-refractivity contribution in [1.82, 2.24) is 5.32 Å². The Morgan fingerprint density at radius 3 is 2.49 bits per heavy atom. The number of amides is 1. The molecule has 2 aliphatic rings. The fraction of sp³-hybridized carbons (Fsp3) is 0.357. The van der Waals surface area contributed by atoms with E-state index in [9.17, 15) is 14.7 Å². The first kappa shape index (κ1) is 23.0. The van der Waals surface area contributed by atoms with Gasteiger partial charge in [0.2, 0.25) is 6.79 Å². The van der Waals surface area contributed by atoms with Crippen LogP contribution in [0.3, 0.4) is 0 Å². The van der Waals surface area contributed by atoms with Crippen molar-refractivity contribution in [3.63, 3.8) is 0 Å². The van der Waals surface area contributed by atoms with Gasteiger partial charge in [-0.2, -0.15) is 0 Å². The van der Waals surface area contributed by atoms with Gasteiger partial charge in [0.25, 0.3) is 5.91 Å². The maximum atomic E-state index is 12.3. The topological polar surface area (TPSA) is 94.1 Å². The molecule has 0 aromatic heterocycles. The molecule has 35 heavy (non-hydrogen) atoms. The summed E-state index contributed by atoms with van der Waals surface area (Å²) in [6.07, 6.45) is 5.57. The van der Waals surface area contributed by atoms with Gasteiger partial charge in [-0.1, -0.05) is 49.6 Å².